The van der Waals surface area contributed by atoms with E-state index < -0.39 is 5.60 Å². The quantitative estimate of drug-likeness (QED) is 0.674. The second-order valence-corrected chi connectivity index (χ2v) is 8.81. The van der Waals surface area contributed by atoms with E-state index >= 15 is 0 Å². The van der Waals surface area contributed by atoms with Crippen molar-refractivity contribution in [2.24, 2.45) is 5.92 Å². The zero-order valence-electron chi connectivity index (χ0n) is 11.0. The number of hydrogen-bond donors (Lipinski definition) is 0. The predicted octanol–water partition coefficient (Wildman–Crippen LogP) is 4.41. The normalized spacial score (nSPS) is 30.5. The van der Waals surface area contributed by atoms with E-state index in [1.165, 1.54) is 0 Å². The van der Waals surface area contributed by atoms with Crippen LogP contribution in [0.5, 0.6) is 0 Å². The van der Waals surface area contributed by atoms with Gasteiger partial charge in [0.05, 0.1) is 3.39 Å². The largest absolute Gasteiger partial charge is 0.444 e. The molecule has 0 spiro atoms. The maximum Gasteiger partial charge on any atom is 0.410 e. The highest BCUT2D eigenvalue weighted by atomic mass is 79.9. The molecule has 2 aliphatic rings. The third-order valence-electron chi connectivity index (χ3n) is 3.53. The SMILES string of the molecule is CC(C)(C)OC(=O)N1C2CCC1C(C=C(Br)Br)C2. The molecule has 2 fully saturated rings. The Labute approximate surface area is 125 Å². The van der Waals surface area contributed by atoms with Gasteiger partial charge in [0.1, 0.15) is 5.60 Å². The van der Waals surface area contributed by atoms with E-state index in [2.05, 4.69) is 37.9 Å². The number of halogens is 2. The second-order valence-electron chi connectivity index (χ2n) is 6.04. The molecule has 5 heteroatoms. The molecule has 3 atom stereocenters. The van der Waals surface area contributed by atoms with Gasteiger partial charge in [0.15, 0.2) is 0 Å². The Morgan fingerprint density at radius 3 is 2.56 bits per heavy atom. The van der Waals surface area contributed by atoms with E-state index in [1.54, 1.807) is 0 Å². The van der Waals surface area contributed by atoms with E-state index in [0.717, 1.165) is 22.7 Å². The second kappa shape index (κ2) is 5.16. The third-order valence-corrected chi connectivity index (χ3v) is 4.06. The molecule has 0 aromatic heterocycles. The molecule has 0 aromatic rings. The van der Waals surface area contributed by atoms with Crippen LogP contribution in [-0.2, 0) is 4.74 Å². The molecule has 102 valence electrons. The molecule has 2 rings (SSSR count). The summed E-state index contributed by atoms with van der Waals surface area (Å²) in [6.07, 6.45) is 5.23. The first-order valence-electron chi connectivity index (χ1n) is 6.32. The fraction of sp³-hybridized carbons (Fsp3) is 0.769. The maximum absolute atomic E-state index is 12.2. The van der Waals surface area contributed by atoms with Crippen molar-refractivity contribution in [2.45, 2.75) is 57.7 Å². The molecule has 2 heterocycles. The van der Waals surface area contributed by atoms with Gasteiger partial charge >= 0.3 is 6.09 Å². The zero-order valence-corrected chi connectivity index (χ0v) is 14.1. The van der Waals surface area contributed by atoms with Crippen LogP contribution in [0.4, 0.5) is 4.79 Å². The molecule has 18 heavy (non-hydrogen) atoms. The molecule has 2 aliphatic heterocycles. The number of carbonyl (C=O) groups is 1. The van der Waals surface area contributed by atoms with E-state index in [1.807, 2.05) is 25.7 Å². The first-order chi connectivity index (χ1) is 8.28. The van der Waals surface area contributed by atoms with Crippen LogP contribution < -0.4 is 0 Å². The van der Waals surface area contributed by atoms with E-state index in [9.17, 15) is 4.79 Å². The van der Waals surface area contributed by atoms with Gasteiger partial charge in [-0.1, -0.05) is 6.08 Å². The smallest absolute Gasteiger partial charge is 0.410 e. The van der Waals surface area contributed by atoms with Crippen molar-refractivity contribution in [1.82, 2.24) is 4.90 Å². The summed E-state index contributed by atoms with van der Waals surface area (Å²) in [7, 11) is 0. The van der Waals surface area contributed by atoms with Crippen molar-refractivity contribution in [3.8, 4) is 0 Å². The van der Waals surface area contributed by atoms with Crippen LogP contribution in [0, 0.1) is 5.92 Å². The molecule has 3 nitrogen and oxygen atoms in total. The lowest BCUT2D eigenvalue weighted by Gasteiger charge is -2.28. The van der Waals surface area contributed by atoms with Crippen molar-refractivity contribution in [2.75, 3.05) is 0 Å². The van der Waals surface area contributed by atoms with Gasteiger partial charge in [-0.15, -0.1) is 0 Å². The Morgan fingerprint density at radius 2 is 2.00 bits per heavy atom. The number of amides is 1. The average molecular weight is 381 g/mol. The number of fused-ring (bicyclic) bond motifs is 2. The summed E-state index contributed by atoms with van der Waals surface area (Å²) in [5, 5.41) is 0. The van der Waals surface area contributed by atoms with E-state index in [-0.39, 0.29) is 6.09 Å². The predicted molar refractivity (Wildman–Crippen MR) is 78.9 cm³/mol. The van der Waals surface area contributed by atoms with E-state index in [0.29, 0.717) is 18.0 Å². The van der Waals surface area contributed by atoms with Gasteiger partial charge in [-0.3, -0.25) is 0 Å². The number of nitrogens with zero attached hydrogens (tertiary/aromatic N) is 1. The Kier molecular flexibility index (Phi) is 4.12. The lowest BCUT2D eigenvalue weighted by atomic mass is 9.89. The fourth-order valence-electron chi connectivity index (χ4n) is 2.98. The summed E-state index contributed by atoms with van der Waals surface area (Å²) in [6.45, 7) is 5.74. The standard InChI is InChI=1S/C13H19Br2NO2/c1-13(2,3)18-12(17)16-9-4-5-10(16)8(6-9)7-11(14)15/h7-10H,4-6H2,1-3H3. The summed E-state index contributed by atoms with van der Waals surface area (Å²) < 4.78 is 6.47. The number of ether oxygens (including phenoxy) is 1. The van der Waals surface area contributed by atoms with Crippen LogP contribution in [0.3, 0.4) is 0 Å². The van der Waals surface area contributed by atoms with Gasteiger partial charge < -0.3 is 9.64 Å². The molecule has 0 N–H and O–H groups in total. The summed E-state index contributed by atoms with van der Waals surface area (Å²) in [5.74, 6) is 0.435. The summed E-state index contributed by atoms with van der Waals surface area (Å²) in [6, 6.07) is 0.653. The fourth-order valence-corrected chi connectivity index (χ4v) is 3.65. The molecule has 2 saturated heterocycles. The summed E-state index contributed by atoms with van der Waals surface area (Å²) in [5.41, 5.74) is -0.416. The van der Waals surface area contributed by atoms with Crippen molar-refractivity contribution in [3.05, 3.63) is 9.47 Å². The van der Waals surface area contributed by atoms with Gasteiger partial charge in [-0.2, -0.15) is 0 Å². The molecule has 0 aromatic carbocycles. The van der Waals surface area contributed by atoms with Crippen LogP contribution in [-0.4, -0.2) is 28.7 Å². The van der Waals surface area contributed by atoms with Gasteiger partial charge in [-0.05, 0) is 71.9 Å². The van der Waals surface area contributed by atoms with Gasteiger partial charge in [0.25, 0.3) is 0 Å². The van der Waals surface area contributed by atoms with Gasteiger partial charge in [0, 0.05) is 18.0 Å². The first-order valence-corrected chi connectivity index (χ1v) is 7.90. The summed E-state index contributed by atoms with van der Waals surface area (Å²) >= 11 is 6.81. The number of carbonyl (C=O) groups excluding carboxylic acids is 1. The van der Waals surface area contributed by atoms with Crippen molar-refractivity contribution >= 4 is 38.0 Å². The Bertz CT molecular complexity index is 372. The number of hydrogen-bond acceptors (Lipinski definition) is 2. The first kappa shape index (κ1) is 14.4. The van der Waals surface area contributed by atoms with Crippen LogP contribution in [0.1, 0.15) is 40.0 Å². The molecule has 3 unspecified atom stereocenters. The van der Waals surface area contributed by atoms with Crippen molar-refractivity contribution < 1.29 is 9.53 Å². The molecular formula is C13H19Br2NO2. The molecule has 0 radical (unpaired) electrons. The molecule has 1 amide bonds. The maximum atomic E-state index is 12.2. The van der Waals surface area contributed by atoms with E-state index in [4.69, 9.17) is 4.74 Å². The minimum absolute atomic E-state index is 0.156. The van der Waals surface area contributed by atoms with Crippen LogP contribution in [0.15, 0.2) is 9.47 Å². The van der Waals surface area contributed by atoms with Crippen molar-refractivity contribution in [1.29, 1.82) is 0 Å². The van der Waals surface area contributed by atoms with Crippen LogP contribution in [0.2, 0.25) is 0 Å². The van der Waals surface area contributed by atoms with Gasteiger partial charge in [0.2, 0.25) is 0 Å². The lowest BCUT2D eigenvalue weighted by molar-refractivity contribution is 0.0210. The summed E-state index contributed by atoms with van der Waals surface area (Å²) in [4.78, 5) is 14.2. The van der Waals surface area contributed by atoms with Crippen LogP contribution >= 0.6 is 31.9 Å². The highest BCUT2D eigenvalue weighted by Crippen LogP contribution is 2.44. The molecule has 0 aliphatic carbocycles. The third kappa shape index (κ3) is 3.10. The highest BCUT2D eigenvalue weighted by molar-refractivity contribution is 9.28. The average Bonchev–Trinajstić information content (AvgIpc) is 2.69. The zero-order chi connectivity index (χ0) is 13.5. The Balaban J connectivity index is 2.07. The Hall–Kier alpha value is -0.0300. The van der Waals surface area contributed by atoms with Crippen LogP contribution in [0.25, 0.3) is 0 Å². The molecular weight excluding hydrogens is 362 g/mol. The molecule has 0 saturated carbocycles. The Morgan fingerprint density at radius 1 is 1.33 bits per heavy atom. The molecule has 2 bridgehead atoms. The van der Waals surface area contributed by atoms with Gasteiger partial charge in [-0.25, -0.2) is 4.79 Å². The monoisotopic (exact) mass is 379 g/mol. The minimum Gasteiger partial charge on any atom is -0.444 e. The lowest BCUT2D eigenvalue weighted by Crippen LogP contribution is -2.40. The number of rotatable bonds is 1. The minimum atomic E-state index is -0.416. The van der Waals surface area contributed by atoms with Crippen molar-refractivity contribution in [3.63, 3.8) is 0 Å². The topological polar surface area (TPSA) is 29.5 Å². The highest BCUT2D eigenvalue weighted by Gasteiger charge is 2.48.